The third kappa shape index (κ3) is 24.1. The van der Waals surface area contributed by atoms with Crippen molar-refractivity contribution in [2.75, 3.05) is 19.7 Å². The largest absolute Gasteiger partial charge is 1.00 e. The minimum absolute atomic E-state index is 0. The Morgan fingerprint density at radius 3 is 1.95 bits per heavy atom. The second-order valence-electron chi connectivity index (χ2n) is 2.85. The van der Waals surface area contributed by atoms with Crippen LogP contribution in [0.5, 0.6) is 0 Å². The predicted octanol–water partition coefficient (Wildman–Crippen LogP) is -1.60. The quantitative estimate of drug-likeness (QED) is 0.237. The van der Waals surface area contributed by atoms with Gasteiger partial charge in [0.1, 0.15) is 0 Å². The van der Waals surface area contributed by atoms with Crippen LogP contribution in [0.2, 0.25) is 0 Å². The van der Waals surface area contributed by atoms with E-state index < -0.39 is 25.6 Å². The molecule has 0 aromatic carbocycles. The van der Waals surface area contributed by atoms with Gasteiger partial charge in [0.05, 0.1) is 0 Å². The molecule has 0 aliphatic rings. The number of ether oxygens (including phenoxy) is 1. The molecule has 0 fully saturated rings. The van der Waals surface area contributed by atoms with Crippen molar-refractivity contribution < 1.29 is 97.3 Å². The Morgan fingerprint density at radius 1 is 1.26 bits per heavy atom. The molecule has 0 spiro atoms. The zero-order valence-electron chi connectivity index (χ0n) is 9.88. The van der Waals surface area contributed by atoms with E-state index in [9.17, 15) is 26.1 Å². The fourth-order valence-corrected chi connectivity index (χ4v) is 0.470. The van der Waals surface area contributed by atoms with E-state index in [4.69, 9.17) is 15.1 Å². The predicted molar refractivity (Wildman–Crippen MR) is 48.0 cm³/mol. The van der Waals surface area contributed by atoms with E-state index >= 15 is 0 Å². The Hall–Kier alpha value is 0.631. The summed E-state index contributed by atoms with van der Waals surface area (Å²) in [6.07, 6.45) is -4.72. The van der Waals surface area contributed by atoms with Crippen LogP contribution < -0.4 is 56.9 Å². The second kappa shape index (κ2) is 12.4. The van der Waals surface area contributed by atoms with Gasteiger partial charge in [0.2, 0.25) is 0 Å². The summed E-state index contributed by atoms with van der Waals surface area (Å²) in [6, 6.07) is 0. The number of rotatable bonds is 6. The molecule has 0 bridgehead atoms. The van der Waals surface area contributed by atoms with Crippen LogP contribution in [0.25, 0.3) is 0 Å². The van der Waals surface area contributed by atoms with Gasteiger partial charge in [-0.3, -0.25) is 0 Å². The van der Waals surface area contributed by atoms with Crippen molar-refractivity contribution in [2.45, 2.75) is 12.6 Å². The van der Waals surface area contributed by atoms with Crippen molar-refractivity contribution in [2.24, 2.45) is 0 Å². The van der Waals surface area contributed by atoms with Crippen LogP contribution in [-0.2, 0) is 9.53 Å². The number of hydrogen-bond donors (Lipinski definition) is 3. The van der Waals surface area contributed by atoms with Gasteiger partial charge in [0, 0.05) is 19.7 Å². The SMILES string of the molecule is O=C(O)C(F)(F)F.ONCCCOC[B-](F)(F)F.[K+]. The van der Waals surface area contributed by atoms with Gasteiger partial charge in [-0.25, -0.2) is 10.3 Å². The summed E-state index contributed by atoms with van der Waals surface area (Å²) in [6.45, 7) is -5.74. The molecule has 0 saturated heterocycles. The topological polar surface area (TPSA) is 78.8 Å². The Balaban J connectivity index is -0.000000280. The number of carbonyl (C=O) groups is 1. The molecule has 0 aromatic heterocycles. The molecule has 0 aromatic rings. The summed E-state index contributed by atoms with van der Waals surface area (Å²) in [5.41, 5.74) is 1.81. The van der Waals surface area contributed by atoms with Crippen molar-refractivity contribution >= 4 is 12.9 Å². The van der Waals surface area contributed by atoms with Gasteiger partial charge in [-0.2, -0.15) is 13.2 Å². The summed E-state index contributed by atoms with van der Waals surface area (Å²) < 4.78 is 70.3. The first-order chi connectivity index (χ1) is 8.00. The molecule has 0 radical (unpaired) electrons. The van der Waals surface area contributed by atoms with E-state index in [0.717, 1.165) is 0 Å². The van der Waals surface area contributed by atoms with Crippen LogP contribution in [0.3, 0.4) is 0 Å². The molecule has 0 atom stereocenters. The number of hydrogen-bond acceptors (Lipinski definition) is 4. The van der Waals surface area contributed by atoms with E-state index in [1.165, 1.54) is 0 Å². The van der Waals surface area contributed by atoms with E-state index in [1.54, 1.807) is 0 Å². The van der Waals surface area contributed by atoms with Crippen LogP contribution >= 0.6 is 0 Å². The molecule has 0 heterocycles. The first kappa shape index (κ1) is 24.6. The van der Waals surface area contributed by atoms with Crippen molar-refractivity contribution in [3.05, 3.63) is 0 Å². The maximum absolute atomic E-state index is 11.4. The molecule has 19 heavy (non-hydrogen) atoms. The molecule has 0 saturated carbocycles. The van der Waals surface area contributed by atoms with Gasteiger partial charge in [0.25, 0.3) is 0 Å². The smallest absolute Gasteiger partial charge is 0.475 e. The summed E-state index contributed by atoms with van der Waals surface area (Å²) in [4.78, 5) is 8.90. The average molecular weight is 325 g/mol. The number of alkyl halides is 3. The average Bonchev–Trinajstić information content (AvgIpc) is 2.15. The van der Waals surface area contributed by atoms with E-state index in [2.05, 4.69) is 4.74 Å². The number of carboxylic acids is 1. The second-order valence-corrected chi connectivity index (χ2v) is 2.85. The first-order valence-corrected chi connectivity index (χ1v) is 4.46. The zero-order valence-corrected chi connectivity index (χ0v) is 13.0. The summed E-state index contributed by atoms with van der Waals surface area (Å²) in [7, 11) is 0. The molecule has 3 N–H and O–H groups in total. The minimum Gasteiger partial charge on any atom is -0.475 e. The Kier molecular flexibility index (Phi) is 16.1. The van der Waals surface area contributed by atoms with Crippen LogP contribution in [0.1, 0.15) is 6.42 Å². The van der Waals surface area contributed by atoms with E-state index in [-0.39, 0.29) is 64.5 Å². The first-order valence-electron chi connectivity index (χ1n) is 4.46. The van der Waals surface area contributed by atoms with Gasteiger partial charge in [0.15, 0.2) is 0 Å². The number of aliphatic carboxylic acids is 1. The number of hydroxylamine groups is 1. The van der Waals surface area contributed by atoms with Crippen molar-refractivity contribution in [1.82, 2.24) is 5.48 Å². The normalized spacial score (nSPS) is 11.1. The molecule has 5 nitrogen and oxygen atoms in total. The van der Waals surface area contributed by atoms with E-state index in [0.29, 0.717) is 6.42 Å². The summed E-state index contributed by atoms with van der Waals surface area (Å²) >= 11 is 0. The number of carboxylic acid groups (broad SMARTS) is 1. The van der Waals surface area contributed by atoms with Crippen LogP contribution in [0.4, 0.5) is 26.1 Å². The fraction of sp³-hybridized carbons (Fsp3) is 0.833. The van der Waals surface area contributed by atoms with Gasteiger partial charge >= 0.3 is 70.5 Å². The number of halogens is 6. The maximum atomic E-state index is 11.4. The van der Waals surface area contributed by atoms with Crippen LogP contribution in [0.15, 0.2) is 0 Å². The molecule has 0 aliphatic carbocycles. The Morgan fingerprint density at radius 2 is 1.68 bits per heavy atom. The maximum Gasteiger partial charge on any atom is 1.00 e. The van der Waals surface area contributed by atoms with Crippen LogP contribution in [-0.4, -0.2) is 49.1 Å². The zero-order chi connectivity index (χ0) is 14.8. The van der Waals surface area contributed by atoms with Gasteiger partial charge in [-0.1, -0.05) is 0 Å². The van der Waals surface area contributed by atoms with Crippen molar-refractivity contribution in [3.8, 4) is 0 Å². The fourth-order valence-electron chi connectivity index (χ4n) is 0.470. The van der Waals surface area contributed by atoms with Gasteiger partial charge in [-0.05, 0) is 6.42 Å². The van der Waals surface area contributed by atoms with E-state index in [1.807, 2.05) is 5.48 Å². The standard InChI is InChI=1S/C4H10BF3NO2.C2HF3O2.K/c6-5(7,8)4-11-3-1-2-9-10;3-2(4,5)1(6)7;/h9-10H,1-4H2;(H,6,7);/q-1;;+1. The molecular formula is C6H11BF6KNO4. The Bertz CT molecular complexity index is 239. The van der Waals surface area contributed by atoms with Crippen molar-refractivity contribution in [1.29, 1.82) is 0 Å². The molecule has 0 aliphatic heterocycles. The molecule has 0 rings (SSSR count). The van der Waals surface area contributed by atoms with Gasteiger partial charge < -0.3 is 28.0 Å². The Labute approximate surface area is 147 Å². The third-order valence-electron chi connectivity index (χ3n) is 1.13. The minimum atomic E-state index is -5.08. The van der Waals surface area contributed by atoms with Crippen molar-refractivity contribution in [3.63, 3.8) is 0 Å². The monoisotopic (exact) mass is 325 g/mol. The molecule has 110 valence electrons. The van der Waals surface area contributed by atoms with Crippen LogP contribution in [0, 0.1) is 0 Å². The summed E-state index contributed by atoms with van der Waals surface area (Å²) in [5, 5.41) is 15.1. The summed E-state index contributed by atoms with van der Waals surface area (Å²) in [5.74, 6) is -2.76. The molecule has 0 unspecified atom stereocenters. The molecule has 13 heteroatoms. The number of nitrogens with one attached hydrogen (secondary N) is 1. The molecular weight excluding hydrogens is 314 g/mol. The third-order valence-corrected chi connectivity index (χ3v) is 1.13. The van der Waals surface area contributed by atoms with Gasteiger partial charge in [-0.15, -0.1) is 0 Å². The molecule has 0 amide bonds.